The molecule has 0 saturated heterocycles. The molecule has 2 aromatic heterocycles. The van der Waals surface area contributed by atoms with E-state index in [1.54, 1.807) is 18.2 Å². The van der Waals surface area contributed by atoms with Crippen molar-refractivity contribution in [1.82, 2.24) is 9.38 Å². The zero-order valence-corrected chi connectivity index (χ0v) is 17.3. The molecule has 4 aromatic rings. The summed E-state index contributed by atoms with van der Waals surface area (Å²) in [5.74, 6) is -0.461. The Balaban J connectivity index is 1.68. The maximum Gasteiger partial charge on any atom is 0.237 e. The van der Waals surface area contributed by atoms with Gasteiger partial charge in [0.25, 0.3) is 0 Å². The Kier molecular flexibility index (Phi) is 5.17. The summed E-state index contributed by atoms with van der Waals surface area (Å²) >= 11 is 0. The van der Waals surface area contributed by atoms with Crippen LogP contribution in [-0.4, -0.2) is 24.9 Å². The molecule has 2 heterocycles. The lowest BCUT2D eigenvalue weighted by Gasteiger charge is -2.13. The van der Waals surface area contributed by atoms with Crippen molar-refractivity contribution < 1.29 is 17.5 Å². The molecule has 8 heteroatoms. The monoisotopic (exact) mass is 425 g/mol. The summed E-state index contributed by atoms with van der Waals surface area (Å²) < 4.78 is 48.5. The summed E-state index contributed by atoms with van der Waals surface area (Å²) in [6.45, 7) is 1.98. The van der Waals surface area contributed by atoms with Gasteiger partial charge < -0.3 is 9.14 Å². The highest BCUT2D eigenvalue weighted by atomic mass is 32.2. The zero-order valence-electron chi connectivity index (χ0n) is 16.5. The van der Waals surface area contributed by atoms with Crippen LogP contribution in [0.3, 0.4) is 0 Å². The minimum atomic E-state index is -3.79. The molecule has 0 amide bonds. The van der Waals surface area contributed by atoms with E-state index in [0.717, 1.165) is 16.8 Å². The number of nitrogens with zero attached hydrogens (tertiary/aromatic N) is 2. The fourth-order valence-electron chi connectivity index (χ4n) is 3.29. The molecular formula is C22H20FN3O3S. The molecule has 0 aliphatic rings. The highest BCUT2D eigenvalue weighted by Crippen LogP contribution is 2.32. The minimum absolute atomic E-state index is 0.292. The summed E-state index contributed by atoms with van der Waals surface area (Å²) in [6.07, 6.45) is 3.79. The van der Waals surface area contributed by atoms with Crippen molar-refractivity contribution >= 4 is 21.4 Å². The number of hydrogen-bond acceptors (Lipinski definition) is 4. The van der Waals surface area contributed by atoms with Gasteiger partial charge in [0.1, 0.15) is 17.2 Å². The van der Waals surface area contributed by atoms with Crippen LogP contribution in [0.25, 0.3) is 16.9 Å². The van der Waals surface area contributed by atoms with E-state index in [1.807, 2.05) is 41.9 Å². The van der Waals surface area contributed by atoms with Crippen molar-refractivity contribution in [2.45, 2.75) is 12.7 Å². The number of imidazole rings is 1. The second-order valence-electron chi connectivity index (χ2n) is 6.95. The zero-order chi connectivity index (χ0) is 21.3. The minimum Gasteiger partial charge on any atom is -0.495 e. The average molecular weight is 425 g/mol. The third-order valence-electron chi connectivity index (χ3n) is 4.68. The molecule has 0 radical (unpaired) electrons. The number of aromatic nitrogens is 2. The predicted octanol–water partition coefficient (Wildman–Crippen LogP) is 4.40. The maximum atomic E-state index is 13.4. The van der Waals surface area contributed by atoms with Gasteiger partial charge in [0, 0.05) is 18.0 Å². The maximum absolute atomic E-state index is 13.4. The second kappa shape index (κ2) is 7.79. The Hall–Kier alpha value is -3.39. The normalized spacial score (nSPS) is 11.6. The van der Waals surface area contributed by atoms with Crippen molar-refractivity contribution in [2.75, 3.05) is 11.8 Å². The Morgan fingerprint density at radius 2 is 1.97 bits per heavy atom. The van der Waals surface area contributed by atoms with Gasteiger partial charge in [-0.05, 0) is 54.4 Å². The molecule has 0 unspecified atom stereocenters. The van der Waals surface area contributed by atoms with Gasteiger partial charge in [-0.2, -0.15) is 0 Å². The lowest BCUT2D eigenvalue weighted by molar-refractivity contribution is 0.417. The smallest absolute Gasteiger partial charge is 0.237 e. The number of pyridine rings is 1. The lowest BCUT2D eigenvalue weighted by Crippen LogP contribution is -2.15. The number of aryl methyl sites for hydroxylation is 1. The van der Waals surface area contributed by atoms with Crippen LogP contribution in [0.4, 0.5) is 10.1 Å². The van der Waals surface area contributed by atoms with E-state index in [-0.39, 0.29) is 5.75 Å². The largest absolute Gasteiger partial charge is 0.495 e. The van der Waals surface area contributed by atoms with Gasteiger partial charge in [-0.1, -0.05) is 18.2 Å². The van der Waals surface area contributed by atoms with E-state index in [9.17, 15) is 12.8 Å². The Morgan fingerprint density at radius 1 is 1.13 bits per heavy atom. The fourth-order valence-corrected chi connectivity index (χ4v) is 4.47. The van der Waals surface area contributed by atoms with Crippen molar-refractivity contribution in [1.29, 1.82) is 0 Å². The van der Waals surface area contributed by atoms with Crippen LogP contribution in [0.15, 0.2) is 67.0 Å². The molecule has 4 rings (SSSR count). The van der Waals surface area contributed by atoms with Crippen LogP contribution in [0.1, 0.15) is 11.1 Å². The number of halogens is 1. The number of benzene rings is 2. The van der Waals surface area contributed by atoms with E-state index in [2.05, 4.69) is 9.71 Å². The molecular weight excluding hydrogens is 405 g/mol. The number of fused-ring (bicyclic) bond motifs is 1. The van der Waals surface area contributed by atoms with Crippen LogP contribution < -0.4 is 9.46 Å². The summed E-state index contributed by atoms with van der Waals surface area (Å²) in [5.41, 5.74) is 3.96. The van der Waals surface area contributed by atoms with Gasteiger partial charge in [-0.25, -0.2) is 17.8 Å². The number of rotatable bonds is 6. The summed E-state index contributed by atoms with van der Waals surface area (Å²) in [5, 5.41) is 0. The molecule has 2 aromatic carbocycles. The van der Waals surface area contributed by atoms with Crippen molar-refractivity contribution in [3.05, 3.63) is 83.9 Å². The van der Waals surface area contributed by atoms with E-state index in [4.69, 9.17) is 4.74 Å². The van der Waals surface area contributed by atoms with E-state index in [1.165, 1.54) is 25.3 Å². The molecule has 0 aliphatic carbocycles. The van der Waals surface area contributed by atoms with Gasteiger partial charge in [0.2, 0.25) is 10.0 Å². The molecule has 154 valence electrons. The molecule has 0 spiro atoms. The van der Waals surface area contributed by atoms with Gasteiger partial charge in [0.05, 0.1) is 24.2 Å². The summed E-state index contributed by atoms with van der Waals surface area (Å²) in [4.78, 5) is 4.66. The third-order valence-corrected chi connectivity index (χ3v) is 5.93. The second-order valence-corrected chi connectivity index (χ2v) is 8.68. The highest BCUT2D eigenvalue weighted by molar-refractivity contribution is 7.91. The third kappa shape index (κ3) is 4.13. The molecule has 0 aliphatic heterocycles. The van der Waals surface area contributed by atoms with Crippen LogP contribution in [0.5, 0.6) is 5.75 Å². The fraction of sp³-hybridized carbons (Fsp3) is 0.136. The first kappa shape index (κ1) is 19.9. The highest BCUT2D eigenvalue weighted by Gasteiger charge is 2.17. The Morgan fingerprint density at radius 3 is 2.70 bits per heavy atom. The molecule has 0 fully saturated rings. The number of ether oxygens (including phenoxy) is 1. The molecule has 30 heavy (non-hydrogen) atoms. The van der Waals surface area contributed by atoms with Crippen molar-refractivity contribution in [3.8, 4) is 17.0 Å². The van der Waals surface area contributed by atoms with E-state index >= 15 is 0 Å². The van der Waals surface area contributed by atoms with E-state index in [0.29, 0.717) is 22.7 Å². The van der Waals surface area contributed by atoms with Crippen LogP contribution in [0.2, 0.25) is 0 Å². The van der Waals surface area contributed by atoms with Crippen LogP contribution in [-0.2, 0) is 15.8 Å². The predicted molar refractivity (Wildman–Crippen MR) is 115 cm³/mol. The molecule has 6 nitrogen and oxygen atoms in total. The first-order chi connectivity index (χ1) is 14.3. The van der Waals surface area contributed by atoms with Gasteiger partial charge in [0.15, 0.2) is 0 Å². The summed E-state index contributed by atoms with van der Waals surface area (Å²) in [6, 6.07) is 14.6. The topological polar surface area (TPSA) is 72.7 Å². The van der Waals surface area contributed by atoms with Crippen molar-refractivity contribution in [3.63, 3.8) is 0 Å². The SMILES string of the molecule is COc1ccc(-c2cn3cccc(C)c3n2)cc1NS(=O)(=O)Cc1cccc(F)c1. The first-order valence-corrected chi connectivity index (χ1v) is 10.9. The number of methoxy groups -OCH3 is 1. The van der Waals surface area contributed by atoms with Gasteiger partial charge in [-0.3, -0.25) is 4.72 Å². The molecule has 0 saturated carbocycles. The Bertz CT molecular complexity index is 1330. The quantitative estimate of drug-likeness (QED) is 0.497. The number of sulfonamides is 1. The molecule has 0 bridgehead atoms. The van der Waals surface area contributed by atoms with Crippen LogP contribution >= 0.6 is 0 Å². The molecule has 1 N–H and O–H groups in total. The van der Waals surface area contributed by atoms with Crippen LogP contribution in [0, 0.1) is 12.7 Å². The molecule has 0 atom stereocenters. The number of hydrogen-bond donors (Lipinski definition) is 1. The Labute approximate surface area is 174 Å². The summed E-state index contributed by atoms with van der Waals surface area (Å²) in [7, 11) is -2.32. The number of nitrogens with one attached hydrogen (secondary N) is 1. The average Bonchev–Trinajstić information content (AvgIpc) is 3.13. The first-order valence-electron chi connectivity index (χ1n) is 9.22. The number of anilines is 1. The van der Waals surface area contributed by atoms with Gasteiger partial charge >= 0.3 is 0 Å². The standard InChI is InChI=1S/C22H20FN3O3S/c1-15-5-4-10-26-13-20(24-22(15)26)17-8-9-21(29-2)19(12-17)25-30(27,28)14-16-6-3-7-18(23)11-16/h3-13,25H,14H2,1-2H3. The van der Waals surface area contributed by atoms with E-state index < -0.39 is 15.8 Å². The lowest BCUT2D eigenvalue weighted by atomic mass is 10.1. The van der Waals surface area contributed by atoms with Crippen molar-refractivity contribution in [2.24, 2.45) is 0 Å². The van der Waals surface area contributed by atoms with Gasteiger partial charge in [-0.15, -0.1) is 0 Å².